The molecule has 2 atom stereocenters. The van der Waals surface area contributed by atoms with Crippen LogP contribution >= 0.6 is 0 Å². The van der Waals surface area contributed by atoms with E-state index in [4.69, 9.17) is 0 Å². The van der Waals surface area contributed by atoms with Gasteiger partial charge in [0.05, 0.1) is 6.20 Å². The summed E-state index contributed by atoms with van der Waals surface area (Å²) < 4.78 is 16.7. The van der Waals surface area contributed by atoms with E-state index >= 15 is 0 Å². The molecule has 1 saturated carbocycles. The zero-order chi connectivity index (χ0) is 17.4. The zero-order valence-electron chi connectivity index (χ0n) is 14.2. The predicted molar refractivity (Wildman–Crippen MR) is 92.9 cm³/mol. The monoisotopic (exact) mass is 340 g/mol. The van der Waals surface area contributed by atoms with Crippen molar-refractivity contribution in [1.29, 1.82) is 0 Å². The van der Waals surface area contributed by atoms with Gasteiger partial charge >= 0.3 is 0 Å². The van der Waals surface area contributed by atoms with Gasteiger partial charge in [-0.2, -0.15) is 5.10 Å². The molecular formula is C19H21FN4O. The number of nitrogens with one attached hydrogen (secondary N) is 1. The second kappa shape index (κ2) is 6.35. The number of nitrogens with zero attached hydrogens (tertiary/aromatic N) is 3. The fraction of sp³-hybridized carbons (Fsp3) is 0.368. The van der Waals surface area contributed by atoms with Crippen molar-refractivity contribution in [3.05, 3.63) is 59.8 Å². The molecule has 4 rings (SSSR count). The highest BCUT2D eigenvalue weighted by atomic mass is 19.1. The molecule has 1 fully saturated rings. The molecule has 0 unspecified atom stereocenters. The van der Waals surface area contributed by atoms with Crippen molar-refractivity contribution in [2.75, 3.05) is 0 Å². The largest absolute Gasteiger partial charge is 0.349 e. The Morgan fingerprint density at radius 2 is 2.08 bits per heavy atom. The van der Waals surface area contributed by atoms with E-state index in [9.17, 15) is 9.18 Å². The van der Waals surface area contributed by atoms with Gasteiger partial charge in [0.25, 0.3) is 5.91 Å². The molecule has 1 aliphatic rings. The van der Waals surface area contributed by atoms with Gasteiger partial charge in [-0.3, -0.25) is 4.79 Å². The van der Waals surface area contributed by atoms with Crippen molar-refractivity contribution in [2.24, 2.45) is 13.0 Å². The summed E-state index contributed by atoms with van der Waals surface area (Å²) >= 11 is 0. The van der Waals surface area contributed by atoms with E-state index in [-0.39, 0.29) is 17.8 Å². The maximum atomic E-state index is 13.1. The van der Waals surface area contributed by atoms with Crippen LogP contribution in [0, 0.1) is 11.7 Å². The number of aromatic nitrogens is 3. The number of fused-ring (bicyclic) bond motifs is 1. The molecule has 1 aromatic carbocycles. The summed E-state index contributed by atoms with van der Waals surface area (Å²) in [6.45, 7) is 0. The summed E-state index contributed by atoms with van der Waals surface area (Å²) in [5, 5.41) is 7.42. The molecule has 2 aromatic heterocycles. The third-order valence-corrected chi connectivity index (χ3v) is 5.17. The van der Waals surface area contributed by atoms with Gasteiger partial charge in [0.2, 0.25) is 0 Å². The first kappa shape index (κ1) is 15.9. The first-order valence-electron chi connectivity index (χ1n) is 8.66. The van der Waals surface area contributed by atoms with Crippen LogP contribution in [0.3, 0.4) is 0 Å². The molecule has 0 bridgehead atoms. The van der Waals surface area contributed by atoms with Gasteiger partial charge < -0.3 is 9.88 Å². The highest BCUT2D eigenvalue weighted by Crippen LogP contribution is 2.29. The molecule has 0 spiro atoms. The Morgan fingerprint density at radius 1 is 1.28 bits per heavy atom. The third kappa shape index (κ3) is 3.04. The minimum absolute atomic E-state index is 0.0761. The van der Waals surface area contributed by atoms with Gasteiger partial charge in [0.15, 0.2) is 0 Å². The Bertz CT molecular complexity index is 896. The molecule has 1 aliphatic carbocycles. The number of carbonyl (C=O) groups excluding carboxylic acids is 1. The molecule has 0 saturated heterocycles. The normalized spacial score (nSPS) is 20.2. The van der Waals surface area contributed by atoms with Crippen LogP contribution in [0.5, 0.6) is 0 Å². The average molecular weight is 340 g/mol. The van der Waals surface area contributed by atoms with Crippen molar-refractivity contribution < 1.29 is 9.18 Å². The minimum atomic E-state index is -0.215. The van der Waals surface area contributed by atoms with Crippen molar-refractivity contribution in [1.82, 2.24) is 19.5 Å². The van der Waals surface area contributed by atoms with Crippen molar-refractivity contribution in [3.8, 4) is 0 Å². The highest BCUT2D eigenvalue weighted by molar-refractivity contribution is 6.00. The van der Waals surface area contributed by atoms with Gasteiger partial charge in [-0.1, -0.05) is 18.6 Å². The minimum Gasteiger partial charge on any atom is -0.349 e. The maximum Gasteiger partial charge on any atom is 0.256 e. The number of carbonyl (C=O) groups is 1. The third-order valence-electron chi connectivity index (χ3n) is 5.17. The van der Waals surface area contributed by atoms with E-state index in [1.807, 2.05) is 36.1 Å². The summed E-state index contributed by atoms with van der Waals surface area (Å²) in [6.07, 6.45) is 9.36. The Balaban J connectivity index is 1.48. The second-order valence-corrected chi connectivity index (χ2v) is 6.84. The summed E-state index contributed by atoms with van der Waals surface area (Å²) in [6, 6.07) is 6.80. The van der Waals surface area contributed by atoms with E-state index < -0.39 is 0 Å². The number of aryl methyl sites for hydroxylation is 1. The molecule has 5 nitrogen and oxygen atoms in total. The standard InChI is InChI=1S/C19H21FN4O/c1-23-9-10-24-19(23)16(12-21-24)18(25)22-17-4-2-3-14(17)11-13-5-7-15(20)8-6-13/h5-10,12,14,17H,2-4,11H2,1H3,(H,22,25)/t14-,17-/m0/s1. The number of halogens is 1. The van der Waals surface area contributed by atoms with Crippen LogP contribution in [-0.2, 0) is 13.5 Å². The molecule has 1 amide bonds. The summed E-state index contributed by atoms with van der Waals surface area (Å²) in [5.41, 5.74) is 2.51. The summed E-state index contributed by atoms with van der Waals surface area (Å²) in [5.74, 6) is 0.0921. The molecule has 2 heterocycles. The number of benzene rings is 1. The fourth-order valence-electron chi connectivity index (χ4n) is 3.85. The number of amides is 1. The van der Waals surface area contributed by atoms with Crippen LogP contribution in [-0.4, -0.2) is 26.1 Å². The lowest BCUT2D eigenvalue weighted by molar-refractivity contribution is 0.0929. The van der Waals surface area contributed by atoms with E-state index in [1.54, 1.807) is 10.7 Å². The van der Waals surface area contributed by atoms with E-state index in [0.717, 1.165) is 36.9 Å². The van der Waals surface area contributed by atoms with Crippen molar-refractivity contribution in [3.63, 3.8) is 0 Å². The van der Waals surface area contributed by atoms with Crippen molar-refractivity contribution >= 4 is 11.6 Å². The molecule has 1 N–H and O–H groups in total. The lowest BCUT2D eigenvalue weighted by Crippen LogP contribution is -2.38. The molecular weight excluding hydrogens is 319 g/mol. The van der Waals surface area contributed by atoms with Crippen LogP contribution in [0.1, 0.15) is 35.2 Å². The van der Waals surface area contributed by atoms with E-state index in [2.05, 4.69) is 10.4 Å². The number of hydrogen-bond acceptors (Lipinski definition) is 2. The smallest absolute Gasteiger partial charge is 0.256 e. The average Bonchev–Trinajstić information content (AvgIpc) is 3.29. The van der Waals surface area contributed by atoms with Gasteiger partial charge in [-0.15, -0.1) is 0 Å². The van der Waals surface area contributed by atoms with Crippen LogP contribution < -0.4 is 5.32 Å². The van der Waals surface area contributed by atoms with Crippen molar-refractivity contribution in [2.45, 2.75) is 31.7 Å². The van der Waals surface area contributed by atoms with Crippen LogP contribution in [0.4, 0.5) is 4.39 Å². The Labute approximate surface area is 145 Å². The SMILES string of the molecule is Cn1ccn2ncc(C(=O)N[C@H]3CCC[C@H]3Cc3ccc(F)cc3)c12. The number of hydrogen-bond donors (Lipinski definition) is 1. The Kier molecular flexibility index (Phi) is 4.03. The van der Waals surface area contributed by atoms with Gasteiger partial charge in [-0.25, -0.2) is 8.91 Å². The molecule has 6 heteroatoms. The summed E-state index contributed by atoms with van der Waals surface area (Å²) in [7, 11) is 1.90. The molecule has 130 valence electrons. The van der Waals surface area contributed by atoms with E-state index in [0.29, 0.717) is 11.5 Å². The number of imidazole rings is 1. The molecule has 25 heavy (non-hydrogen) atoms. The van der Waals surface area contributed by atoms with Gasteiger partial charge in [0, 0.05) is 25.5 Å². The summed E-state index contributed by atoms with van der Waals surface area (Å²) in [4.78, 5) is 12.7. The zero-order valence-corrected chi connectivity index (χ0v) is 14.2. The molecule has 0 aliphatic heterocycles. The van der Waals surface area contributed by atoms with Crippen LogP contribution in [0.15, 0.2) is 42.9 Å². The van der Waals surface area contributed by atoms with Gasteiger partial charge in [0.1, 0.15) is 17.0 Å². The first-order chi connectivity index (χ1) is 12.1. The molecule has 0 radical (unpaired) electrons. The predicted octanol–water partition coefficient (Wildman–Crippen LogP) is 2.95. The highest BCUT2D eigenvalue weighted by Gasteiger charge is 2.29. The quantitative estimate of drug-likeness (QED) is 0.794. The first-order valence-corrected chi connectivity index (χ1v) is 8.66. The number of rotatable bonds is 4. The van der Waals surface area contributed by atoms with Crippen LogP contribution in [0.25, 0.3) is 5.65 Å². The fourth-order valence-corrected chi connectivity index (χ4v) is 3.85. The van der Waals surface area contributed by atoms with Gasteiger partial charge in [-0.05, 0) is 42.9 Å². The Hall–Kier alpha value is -2.63. The lowest BCUT2D eigenvalue weighted by Gasteiger charge is -2.21. The lowest BCUT2D eigenvalue weighted by atomic mass is 9.94. The molecule has 3 aromatic rings. The van der Waals surface area contributed by atoms with E-state index in [1.165, 1.54) is 12.1 Å². The Morgan fingerprint density at radius 3 is 2.88 bits per heavy atom. The maximum absolute atomic E-state index is 13.1. The topological polar surface area (TPSA) is 51.3 Å². The van der Waals surface area contributed by atoms with Crippen LogP contribution in [0.2, 0.25) is 0 Å². The second-order valence-electron chi connectivity index (χ2n) is 6.84.